The van der Waals surface area contributed by atoms with Gasteiger partial charge < -0.3 is 4.74 Å². The topological polar surface area (TPSA) is 9.23 Å². The van der Waals surface area contributed by atoms with Crippen molar-refractivity contribution >= 4 is 53.4 Å². The van der Waals surface area contributed by atoms with Crippen LogP contribution in [0, 0.1) is 23.7 Å². The molecule has 1 nitrogen and oxygen atoms in total. The third-order valence-electron chi connectivity index (χ3n) is 6.04. The summed E-state index contributed by atoms with van der Waals surface area (Å²) in [5, 5.41) is 5.82. The van der Waals surface area contributed by atoms with Gasteiger partial charge in [-0.1, -0.05) is 104 Å². The van der Waals surface area contributed by atoms with E-state index in [0.29, 0.717) is 0 Å². The van der Waals surface area contributed by atoms with Crippen LogP contribution in [0.2, 0.25) is 0 Å². The molecule has 0 saturated carbocycles. The van der Waals surface area contributed by atoms with Gasteiger partial charge in [0.05, 0.1) is 7.11 Å². The molecule has 36 heavy (non-hydrogen) atoms. The molecule has 0 aliphatic heterocycles. The maximum Gasteiger partial charge on any atom is 0.134 e. The molecule has 0 aliphatic carbocycles. The first kappa shape index (κ1) is 24.2. The lowest BCUT2D eigenvalue weighted by Gasteiger charge is -2.12. The van der Waals surface area contributed by atoms with E-state index in [0.717, 1.165) is 60.2 Å². The SMILES string of the molecule is COc1c2cccc(C#Cc3cccc(CBr)c3)c2cc2c(C#Cc3cccc(CBr)c3)cccc12. The second-order valence-electron chi connectivity index (χ2n) is 8.38. The van der Waals surface area contributed by atoms with E-state index >= 15 is 0 Å². The van der Waals surface area contributed by atoms with Crippen molar-refractivity contribution < 1.29 is 4.74 Å². The van der Waals surface area contributed by atoms with Crippen LogP contribution in [-0.2, 0) is 10.7 Å². The first-order chi connectivity index (χ1) is 17.7. The van der Waals surface area contributed by atoms with Crippen LogP contribution in [0.15, 0.2) is 91.0 Å². The van der Waals surface area contributed by atoms with E-state index in [1.54, 1.807) is 7.11 Å². The maximum absolute atomic E-state index is 5.93. The smallest absolute Gasteiger partial charge is 0.134 e. The predicted molar refractivity (Wildman–Crippen MR) is 158 cm³/mol. The molecular weight excluding hydrogens is 572 g/mol. The Hall–Kier alpha value is -3.50. The Kier molecular flexibility index (Phi) is 7.43. The molecule has 174 valence electrons. The minimum absolute atomic E-state index is 0.810. The van der Waals surface area contributed by atoms with Gasteiger partial charge in [-0.15, -0.1) is 0 Å². The second kappa shape index (κ2) is 11.0. The monoisotopic (exact) mass is 592 g/mol. The van der Waals surface area contributed by atoms with Gasteiger partial charge in [-0.2, -0.15) is 0 Å². The number of rotatable bonds is 3. The van der Waals surface area contributed by atoms with Crippen molar-refractivity contribution in [3.05, 3.63) is 124 Å². The highest BCUT2D eigenvalue weighted by molar-refractivity contribution is 9.08. The Bertz CT molecular complexity index is 1590. The fourth-order valence-corrected chi connectivity index (χ4v) is 5.01. The number of benzene rings is 5. The molecule has 0 aliphatic rings. The Morgan fingerprint density at radius 2 is 1.03 bits per heavy atom. The highest BCUT2D eigenvalue weighted by Crippen LogP contribution is 2.37. The summed E-state index contributed by atoms with van der Waals surface area (Å²) in [4.78, 5) is 0. The van der Waals surface area contributed by atoms with Crippen LogP contribution in [-0.4, -0.2) is 7.11 Å². The van der Waals surface area contributed by atoms with Gasteiger partial charge in [0.25, 0.3) is 0 Å². The molecule has 0 aromatic heterocycles. The Labute approximate surface area is 228 Å². The summed E-state index contributed by atoms with van der Waals surface area (Å²) in [6, 6.07) is 31.2. The van der Waals surface area contributed by atoms with Crippen molar-refractivity contribution in [1.82, 2.24) is 0 Å². The number of hydrogen-bond donors (Lipinski definition) is 0. The van der Waals surface area contributed by atoms with E-state index in [4.69, 9.17) is 4.74 Å². The van der Waals surface area contributed by atoms with Crippen LogP contribution in [0.25, 0.3) is 21.5 Å². The van der Waals surface area contributed by atoms with Gasteiger partial charge in [0.1, 0.15) is 5.75 Å². The summed E-state index contributed by atoms with van der Waals surface area (Å²) in [5.74, 6) is 14.3. The lowest BCUT2D eigenvalue weighted by atomic mass is 9.95. The molecule has 0 heterocycles. The fourth-order valence-electron chi connectivity index (χ4n) is 4.31. The van der Waals surface area contributed by atoms with Crippen LogP contribution < -0.4 is 4.74 Å². The molecule has 5 rings (SSSR count). The zero-order chi connectivity index (χ0) is 24.9. The molecule has 0 saturated heterocycles. The summed E-state index contributed by atoms with van der Waals surface area (Å²) in [5.41, 5.74) is 6.33. The van der Waals surface area contributed by atoms with Crippen molar-refractivity contribution in [2.45, 2.75) is 10.7 Å². The standard InChI is InChI=1S/C33H22Br2O/c1-36-33-29-12-4-10-27(16-14-23-6-2-8-25(18-23)21-34)31(29)20-32-28(11-5-13-30(32)33)17-15-24-7-3-9-26(19-24)22-35/h2-13,18-20H,21-22H2,1H3. The molecule has 0 unspecified atom stereocenters. The lowest BCUT2D eigenvalue weighted by Crippen LogP contribution is -1.91. The van der Waals surface area contributed by atoms with Gasteiger partial charge in [-0.25, -0.2) is 0 Å². The molecule has 0 N–H and O–H groups in total. The molecule has 0 radical (unpaired) electrons. The summed E-state index contributed by atoms with van der Waals surface area (Å²) in [7, 11) is 1.72. The molecule has 0 bridgehead atoms. The number of fused-ring (bicyclic) bond motifs is 2. The largest absolute Gasteiger partial charge is 0.495 e. The highest BCUT2D eigenvalue weighted by atomic mass is 79.9. The molecule has 5 aromatic rings. The molecule has 0 atom stereocenters. The fraction of sp³-hybridized carbons (Fsp3) is 0.0909. The van der Waals surface area contributed by atoms with Gasteiger partial charge in [0.15, 0.2) is 0 Å². The quantitative estimate of drug-likeness (QED) is 0.116. The third-order valence-corrected chi connectivity index (χ3v) is 7.33. The average Bonchev–Trinajstić information content (AvgIpc) is 2.93. The second-order valence-corrected chi connectivity index (χ2v) is 9.50. The molecule has 3 heteroatoms. The average molecular weight is 594 g/mol. The van der Waals surface area contributed by atoms with Crippen molar-refractivity contribution in [3.8, 4) is 29.4 Å². The van der Waals surface area contributed by atoms with Crippen LogP contribution in [0.1, 0.15) is 33.4 Å². The van der Waals surface area contributed by atoms with E-state index in [1.165, 1.54) is 11.1 Å². The number of ether oxygens (including phenoxy) is 1. The molecule has 0 spiro atoms. The maximum atomic E-state index is 5.93. The predicted octanol–water partition coefficient (Wildman–Crippen LogP) is 8.59. The van der Waals surface area contributed by atoms with E-state index in [1.807, 2.05) is 36.4 Å². The van der Waals surface area contributed by atoms with E-state index in [-0.39, 0.29) is 0 Å². The number of methoxy groups -OCH3 is 1. The minimum atomic E-state index is 0.810. The first-order valence-corrected chi connectivity index (χ1v) is 13.8. The Morgan fingerprint density at radius 1 is 0.556 bits per heavy atom. The van der Waals surface area contributed by atoms with Crippen LogP contribution in [0.5, 0.6) is 5.75 Å². The van der Waals surface area contributed by atoms with Crippen LogP contribution in [0.4, 0.5) is 0 Å². The molecule has 0 amide bonds. The van der Waals surface area contributed by atoms with Crippen molar-refractivity contribution in [1.29, 1.82) is 0 Å². The summed E-state index contributed by atoms with van der Waals surface area (Å²) < 4.78 is 5.93. The van der Waals surface area contributed by atoms with Gasteiger partial charge in [-0.05, 0) is 53.6 Å². The first-order valence-electron chi connectivity index (χ1n) is 11.6. The highest BCUT2D eigenvalue weighted by Gasteiger charge is 2.12. The van der Waals surface area contributed by atoms with E-state index in [9.17, 15) is 0 Å². The summed E-state index contributed by atoms with van der Waals surface area (Å²) in [6.45, 7) is 0. The normalized spacial score (nSPS) is 10.4. The summed E-state index contributed by atoms with van der Waals surface area (Å²) >= 11 is 7.05. The lowest BCUT2D eigenvalue weighted by molar-refractivity contribution is 0.424. The number of alkyl halides is 2. The zero-order valence-electron chi connectivity index (χ0n) is 19.7. The van der Waals surface area contributed by atoms with Crippen LogP contribution in [0.3, 0.4) is 0 Å². The van der Waals surface area contributed by atoms with Gasteiger partial charge in [-0.3, -0.25) is 0 Å². The van der Waals surface area contributed by atoms with Crippen molar-refractivity contribution in [2.75, 3.05) is 7.11 Å². The van der Waals surface area contributed by atoms with Crippen molar-refractivity contribution in [3.63, 3.8) is 0 Å². The zero-order valence-corrected chi connectivity index (χ0v) is 22.9. The van der Waals surface area contributed by atoms with Crippen LogP contribution >= 0.6 is 31.9 Å². The molecule has 5 aromatic carbocycles. The number of hydrogen-bond acceptors (Lipinski definition) is 1. The Balaban J connectivity index is 1.68. The summed E-state index contributed by atoms with van der Waals surface area (Å²) in [6.07, 6.45) is 0. The number of halogens is 2. The van der Waals surface area contributed by atoms with E-state index < -0.39 is 0 Å². The van der Waals surface area contributed by atoms with Gasteiger partial charge in [0.2, 0.25) is 0 Å². The minimum Gasteiger partial charge on any atom is -0.495 e. The van der Waals surface area contributed by atoms with E-state index in [2.05, 4.69) is 110 Å². The van der Waals surface area contributed by atoms with Crippen molar-refractivity contribution in [2.24, 2.45) is 0 Å². The molecular formula is C33H22Br2O. The third kappa shape index (κ3) is 5.05. The molecule has 0 fully saturated rings. The van der Waals surface area contributed by atoms with Gasteiger partial charge in [0, 0.05) is 54.5 Å². The Morgan fingerprint density at radius 3 is 1.47 bits per heavy atom. The van der Waals surface area contributed by atoms with Gasteiger partial charge >= 0.3 is 0 Å².